The highest BCUT2D eigenvalue weighted by Crippen LogP contribution is 2.24. The maximum atomic E-state index is 11.3. The first-order chi connectivity index (χ1) is 9.15. The number of rotatable bonds is 3. The lowest BCUT2D eigenvalue weighted by Crippen LogP contribution is -2.30. The number of carbonyl (C=O) groups is 1. The second kappa shape index (κ2) is 4.81. The Bertz CT molecular complexity index is 622. The molecule has 5 nitrogen and oxygen atoms in total. The van der Waals surface area contributed by atoms with E-state index in [-0.39, 0.29) is 17.3 Å². The fourth-order valence-corrected chi connectivity index (χ4v) is 2.66. The van der Waals surface area contributed by atoms with Crippen LogP contribution >= 0.6 is 11.6 Å². The maximum Gasteiger partial charge on any atom is 0.220 e. The number of nitrogens with one attached hydrogen (secondary N) is 1. The molecule has 0 radical (unpaired) electrons. The van der Waals surface area contributed by atoms with Gasteiger partial charge in [0.2, 0.25) is 5.91 Å². The topological polar surface area (TPSA) is 59.8 Å². The molecule has 3 heterocycles. The average molecular weight is 279 g/mol. The van der Waals surface area contributed by atoms with Gasteiger partial charge in [-0.25, -0.2) is 9.97 Å². The van der Waals surface area contributed by atoms with Crippen molar-refractivity contribution in [1.29, 1.82) is 0 Å². The van der Waals surface area contributed by atoms with Gasteiger partial charge in [-0.15, -0.1) is 11.6 Å². The van der Waals surface area contributed by atoms with Crippen LogP contribution in [0.4, 0.5) is 0 Å². The number of carbonyl (C=O) groups excluding carboxylic acids is 1. The lowest BCUT2D eigenvalue weighted by atomic mass is 10.2. The summed E-state index contributed by atoms with van der Waals surface area (Å²) in [5, 5.41) is 2.78. The van der Waals surface area contributed by atoms with Gasteiger partial charge in [-0.05, 0) is 25.5 Å². The number of imidazole rings is 1. The SMILES string of the molecule is CC(Cl)c1nc2cccnc2n1CC1CCC(=O)N1. The van der Waals surface area contributed by atoms with Crippen LogP contribution < -0.4 is 5.32 Å². The monoisotopic (exact) mass is 278 g/mol. The third kappa shape index (κ3) is 2.30. The summed E-state index contributed by atoms with van der Waals surface area (Å²) in [4.78, 5) is 20.2. The molecular formula is C13H15ClN4O. The summed E-state index contributed by atoms with van der Waals surface area (Å²) in [7, 11) is 0. The van der Waals surface area contributed by atoms with Crippen LogP contribution in [0.2, 0.25) is 0 Å². The van der Waals surface area contributed by atoms with E-state index in [0.717, 1.165) is 23.4 Å². The number of halogens is 1. The zero-order valence-corrected chi connectivity index (χ0v) is 11.4. The molecule has 0 spiro atoms. The van der Waals surface area contributed by atoms with Crippen molar-refractivity contribution >= 4 is 28.7 Å². The molecule has 1 amide bonds. The molecule has 3 rings (SSSR count). The largest absolute Gasteiger partial charge is 0.352 e. The number of hydrogen-bond donors (Lipinski definition) is 1. The highest BCUT2D eigenvalue weighted by Gasteiger charge is 2.24. The summed E-state index contributed by atoms with van der Waals surface area (Å²) in [6.45, 7) is 2.57. The van der Waals surface area contributed by atoms with Crippen LogP contribution in [0.15, 0.2) is 18.3 Å². The molecule has 0 saturated carbocycles. The molecule has 0 bridgehead atoms. The zero-order valence-electron chi connectivity index (χ0n) is 10.6. The van der Waals surface area contributed by atoms with Crippen LogP contribution in [-0.2, 0) is 11.3 Å². The van der Waals surface area contributed by atoms with Crippen LogP contribution in [-0.4, -0.2) is 26.5 Å². The first-order valence-corrected chi connectivity index (χ1v) is 6.83. The van der Waals surface area contributed by atoms with E-state index in [1.165, 1.54) is 0 Å². The van der Waals surface area contributed by atoms with E-state index >= 15 is 0 Å². The number of fused-ring (bicyclic) bond motifs is 1. The zero-order chi connectivity index (χ0) is 13.4. The van der Waals surface area contributed by atoms with Crippen LogP contribution in [0.3, 0.4) is 0 Å². The molecule has 100 valence electrons. The summed E-state index contributed by atoms with van der Waals surface area (Å²) in [6.07, 6.45) is 3.19. The van der Waals surface area contributed by atoms with E-state index in [9.17, 15) is 4.79 Å². The molecule has 1 saturated heterocycles. The first kappa shape index (κ1) is 12.4. The molecular weight excluding hydrogens is 264 g/mol. The van der Waals surface area contributed by atoms with Gasteiger partial charge in [0, 0.05) is 25.2 Å². The molecule has 2 aromatic rings. The maximum absolute atomic E-state index is 11.3. The van der Waals surface area contributed by atoms with E-state index in [4.69, 9.17) is 11.6 Å². The van der Waals surface area contributed by atoms with E-state index in [1.54, 1.807) is 6.20 Å². The Labute approximate surface area is 116 Å². The van der Waals surface area contributed by atoms with Gasteiger partial charge in [0.1, 0.15) is 11.3 Å². The van der Waals surface area contributed by atoms with E-state index in [2.05, 4.69) is 15.3 Å². The van der Waals surface area contributed by atoms with Crippen LogP contribution in [0.25, 0.3) is 11.2 Å². The molecule has 1 N–H and O–H groups in total. The molecule has 2 atom stereocenters. The Kier molecular flexibility index (Phi) is 3.14. The number of nitrogens with zero attached hydrogens (tertiary/aromatic N) is 3. The predicted octanol–water partition coefficient (Wildman–Crippen LogP) is 2.01. The van der Waals surface area contributed by atoms with E-state index < -0.39 is 0 Å². The van der Waals surface area contributed by atoms with Gasteiger partial charge in [0.05, 0.1) is 5.38 Å². The average Bonchev–Trinajstić information content (AvgIpc) is 2.95. The molecule has 19 heavy (non-hydrogen) atoms. The van der Waals surface area contributed by atoms with Crippen molar-refractivity contribution in [2.24, 2.45) is 0 Å². The quantitative estimate of drug-likeness (QED) is 0.874. The third-order valence-electron chi connectivity index (χ3n) is 3.38. The van der Waals surface area contributed by atoms with Crippen molar-refractivity contribution in [3.05, 3.63) is 24.2 Å². The van der Waals surface area contributed by atoms with Crippen molar-refractivity contribution in [3.8, 4) is 0 Å². The molecule has 1 fully saturated rings. The predicted molar refractivity (Wildman–Crippen MR) is 73.0 cm³/mol. The van der Waals surface area contributed by atoms with Gasteiger partial charge in [0.15, 0.2) is 5.65 Å². The van der Waals surface area contributed by atoms with Crippen LogP contribution in [0.1, 0.15) is 31.0 Å². The Morgan fingerprint density at radius 1 is 1.63 bits per heavy atom. The standard InChI is InChI=1S/C13H15ClN4O/c1-8(14)12-17-10-3-2-6-15-13(10)18(12)7-9-4-5-11(19)16-9/h2-3,6,8-9H,4-5,7H2,1H3,(H,16,19). The Morgan fingerprint density at radius 2 is 2.47 bits per heavy atom. The minimum atomic E-state index is -0.189. The van der Waals surface area contributed by atoms with Gasteiger partial charge in [0.25, 0.3) is 0 Å². The molecule has 1 aliphatic rings. The fraction of sp³-hybridized carbons (Fsp3) is 0.462. The van der Waals surface area contributed by atoms with Crippen molar-refractivity contribution in [3.63, 3.8) is 0 Å². The molecule has 2 unspecified atom stereocenters. The molecule has 6 heteroatoms. The number of aromatic nitrogens is 3. The van der Waals surface area contributed by atoms with Crippen LogP contribution in [0.5, 0.6) is 0 Å². The minimum Gasteiger partial charge on any atom is -0.352 e. The normalized spacial score (nSPS) is 20.7. The Balaban J connectivity index is 2.00. The summed E-state index contributed by atoms with van der Waals surface area (Å²) >= 11 is 6.20. The summed E-state index contributed by atoms with van der Waals surface area (Å²) in [6, 6.07) is 3.93. The number of amides is 1. The Morgan fingerprint density at radius 3 is 3.16 bits per heavy atom. The lowest BCUT2D eigenvalue weighted by molar-refractivity contribution is -0.119. The second-order valence-electron chi connectivity index (χ2n) is 4.85. The van der Waals surface area contributed by atoms with E-state index in [0.29, 0.717) is 13.0 Å². The summed E-state index contributed by atoms with van der Waals surface area (Å²) < 4.78 is 2.02. The molecule has 1 aliphatic heterocycles. The highest BCUT2D eigenvalue weighted by atomic mass is 35.5. The number of alkyl halides is 1. The molecule has 0 aromatic carbocycles. The number of hydrogen-bond acceptors (Lipinski definition) is 3. The highest BCUT2D eigenvalue weighted by molar-refractivity contribution is 6.20. The Hall–Kier alpha value is -1.62. The van der Waals surface area contributed by atoms with Crippen LogP contribution in [0, 0.1) is 0 Å². The van der Waals surface area contributed by atoms with Gasteiger partial charge in [-0.1, -0.05) is 0 Å². The molecule has 2 aromatic heterocycles. The van der Waals surface area contributed by atoms with Crippen molar-refractivity contribution in [2.45, 2.75) is 37.7 Å². The smallest absolute Gasteiger partial charge is 0.220 e. The second-order valence-corrected chi connectivity index (χ2v) is 5.50. The number of pyridine rings is 1. The third-order valence-corrected chi connectivity index (χ3v) is 3.57. The van der Waals surface area contributed by atoms with E-state index in [1.807, 2.05) is 23.6 Å². The van der Waals surface area contributed by atoms with Gasteiger partial charge < -0.3 is 9.88 Å². The van der Waals surface area contributed by atoms with Gasteiger partial charge in [-0.2, -0.15) is 0 Å². The van der Waals surface area contributed by atoms with Gasteiger partial charge >= 0.3 is 0 Å². The van der Waals surface area contributed by atoms with Crippen molar-refractivity contribution in [1.82, 2.24) is 19.9 Å². The first-order valence-electron chi connectivity index (χ1n) is 6.39. The molecule has 0 aliphatic carbocycles. The van der Waals surface area contributed by atoms with Gasteiger partial charge in [-0.3, -0.25) is 4.79 Å². The summed E-state index contributed by atoms with van der Waals surface area (Å²) in [5.41, 5.74) is 1.67. The summed E-state index contributed by atoms with van der Waals surface area (Å²) in [5.74, 6) is 0.916. The minimum absolute atomic E-state index is 0.114. The van der Waals surface area contributed by atoms with Crippen molar-refractivity contribution < 1.29 is 4.79 Å². The van der Waals surface area contributed by atoms with Crippen molar-refractivity contribution in [2.75, 3.05) is 0 Å². The fourth-order valence-electron chi connectivity index (χ4n) is 2.49. The lowest BCUT2D eigenvalue weighted by Gasteiger charge is -2.14.